The molecule has 0 aromatic heterocycles. The number of nitrogens with one attached hydrogen (secondary N) is 1. The van der Waals surface area contributed by atoms with Crippen molar-refractivity contribution < 1.29 is 18.4 Å². The predicted octanol–water partition coefficient (Wildman–Crippen LogP) is 3.02. The number of amides is 2. The first-order valence-electron chi connectivity index (χ1n) is 8.11. The maximum Gasteiger partial charge on any atom is 0.246 e. The van der Waals surface area contributed by atoms with Crippen LogP contribution < -0.4 is 10.2 Å². The third kappa shape index (κ3) is 4.41. The molecule has 130 valence electrons. The molecule has 6 heteroatoms. The molecule has 1 fully saturated rings. The maximum atomic E-state index is 14.0. The highest BCUT2D eigenvalue weighted by Crippen LogP contribution is 2.28. The van der Waals surface area contributed by atoms with E-state index in [0.29, 0.717) is 11.3 Å². The second kappa shape index (κ2) is 7.42. The van der Waals surface area contributed by atoms with Gasteiger partial charge in [0.15, 0.2) is 0 Å². The minimum Gasteiger partial charge on any atom is -0.347 e. The van der Waals surface area contributed by atoms with Gasteiger partial charge < -0.3 is 10.2 Å². The topological polar surface area (TPSA) is 49.4 Å². The molecule has 0 atom stereocenters. The molecule has 0 unspecified atom stereocenters. The quantitative estimate of drug-likeness (QED) is 0.876. The standard InChI is InChI=1S/C19H18F2N2O2/c20-15-7-9-16(10-8-15)23(12-14-3-1-2-4-17(14)21)18(24)11-22-19(25)13-5-6-13/h1-4,7-10,13H,5-6,11-12H2,(H,22,25). The molecule has 2 aromatic rings. The highest BCUT2D eigenvalue weighted by Gasteiger charge is 2.30. The second-order valence-electron chi connectivity index (χ2n) is 6.04. The van der Waals surface area contributed by atoms with Crippen molar-refractivity contribution in [1.82, 2.24) is 5.32 Å². The van der Waals surface area contributed by atoms with E-state index in [1.54, 1.807) is 18.2 Å². The Morgan fingerprint density at radius 1 is 1.04 bits per heavy atom. The number of anilines is 1. The van der Waals surface area contributed by atoms with Gasteiger partial charge in [-0.3, -0.25) is 9.59 Å². The first kappa shape index (κ1) is 17.1. The van der Waals surface area contributed by atoms with E-state index in [2.05, 4.69) is 5.32 Å². The molecule has 0 bridgehead atoms. The van der Waals surface area contributed by atoms with E-state index in [-0.39, 0.29) is 30.8 Å². The number of rotatable bonds is 6. The predicted molar refractivity (Wildman–Crippen MR) is 89.7 cm³/mol. The minimum absolute atomic E-state index is 0.00126. The summed E-state index contributed by atoms with van der Waals surface area (Å²) in [6.07, 6.45) is 1.69. The molecule has 2 amide bonds. The van der Waals surface area contributed by atoms with Crippen LogP contribution in [0.3, 0.4) is 0 Å². The number of hydrogen-bond donors (Lipinski definition) is 1. The highest BCUT2D eigenvalue weighted by atomic mass is 19.1. The highest BCUT2D eigenvalue weighted by molar-refractivity contribution is 5.97. The first-order valence-corrected chi connectivity index (χ1v) is 8.11. The Morgan fingerprint density at radius 2 is 1.72 bits per heavy atom. The summed E-state index contributed by atoms with van der Waals surface area (Å²) in [5.41, 5.74) is 0.781. The Balaban J connectivity index is 1.77. The molecule has 4 nitrogen and oxygen atoms in total. The van der Waals surface area contributed by atoms with Crippen molar-refractivity contribution >= 4 is 17.5 Å². The van der Waals surface area contributed by atoms with E-state index >= 15 is 0 Å². The van der Waals surface area contributed by atoms with E-state index in [4.69, 9.17) is 0 Å². The van der Waals surface area contributed by atoms with Gasteiger partial charge in [0.2, 0.25) is 11.8 Å². The molecule has 25 heavy (non-hydrogen) atoms. The molecule has 1 aliphatic carbocycles. The number of hydrogen-bond acceptors (Lipinski definition) is 2. The smallest absolute Gasteiger partial charge is 0.246 e. The third-order valence-electron chi connectivity index (χ3n) is 4.09. The molecular formula is C19H18F2N2O2. The van der Waals surface area contributed by atoms with E-state index in [9.17, 15) is 18.4 Å². The van der Waals surface area contributed by atoms with Gasteiger partial charge in [0.1, 0.15) is 11.6 Å². The number of nitrogens with zero attached hydrogens (tertiary/aromatic N) is 1. The van der Waals surface area contributed by atoms with Crippen LogP contribution in [0, 0.1) is 17.6 Å². The van der Waals surface area contributed by atoms with Gasteiger partial charge in [-0.15, -0.1) is 0 Å². The molecule has 2 aromatic carbocycles. The van der Waals surface area contributed by atoms with Crippen LogP contribution in [0.1, 0.15) is 18.4 Å². The lowest BCUT2D eigenvalue weighted by molar-refractivity contribution is -0.125. The van der Waals surface area contributed by atoms with E-state index < -0.39 is 11.6 Å². The average molecular weight is 344 g/mol. The van der Waals surface area contributed by atoms with Gasteiger partial charge in [-0.1, -0.05) is 18.2 Å². The van der Waals surface area contributed by atoms with Crippen molar-refractivity contribution in [3.05, 3.63) is 65.7 Å². The van der Waals surface area contributed by atoms with Crippen molar-refractivity contribution in [2.24, 2.45) is 5.92 Å². The summed E-state index contributed by atoms with van der Waals surface area (Å²) in [6, 6.07) is 11.5. The van der Waals surface area contributed by atoms with Crippen molar-refractivity contribution in [3.63, 3.8) is 0 Å². The Kier molecular flexibility index (Phi) is 5.07. The molecule has 3 rings (SSSR count). The van der Waals surface area contributed by atoms with Crippen LogP contribution in [-0.2, 0) is 16.1 Å². The zero-order valence-electron chi connectivity index (χ0n) is 13.5. The van der Waals surface area contributed by atoms with Crippen LogP contribution in [0.5, 0.6) is 0 Å². The molecule has 0 radical (unpaired) electrons. The fourth-order valence-electron chi connectivity index (χ4n) is 2.49. The molecule has 1 N–H and O–H groups in total. The summed E-state index contributed by atoms with van der Waals surface area (Å²) in [5.74, 6) is -1.38. The van der Waals surface area contributed by atoms with Crippen molar-refractivity contribution in [2.75, 3.05) is 11.4 Å². The second-order valence-corrected chi connectivity index (χ2v) is 6.04. The van der Waals surface area contributed by atoms with Crippen LogP contribution in [-0.4, -0.2) is 18.4 Å². The monoisotopic (exact) mass is 344 g/mol. The lowest BCUT2D eigenvalue weighted by Crippen LogP contribution is -2.40. The van der Waals surface area contributed by atoms with Crippen molar-refractivity contribution in [3.8, 4) is 0 Å². The lowest BCUT2D eigenvalue weighted by atomic mass is 10.1. The summed E-state index contributed by atoms with van der Waals surface area (Å²) in [4.78, 5) is 25.7. The van der Waals surface area contributed by atoms with Gasteiger partial charge in [-0.2, -0.15) is 0 Å². The Morgan fingerprint density at radius 3 is 2.36 bits per heavy atom. The maximum absolute atomic E-state index is 14.0. The average Bonchev–Trinajstić information content (AvgIpc) is 3.45. The fraction of sp³-hybridized carbons (Fsp3) is 0.263. The van der Waals surface area contributed by atoms with Crippen LogP contribution in [0.4, 0.5) is 14.5 Å². The summed E-state index contributed by atoms with van der Waals surface area (Å²) >= 11 is 0. The van der Waals surface area contributed by atoms with Gasteiger partial charge >= 0.3 is 0 Å². The van der Waals surface area contributed by atoms with Crippen LogP contribution >= 0.6 is 0 Å². The summed E-state index contributed by atoms with van der Waals surface area (Å²) < 4.78 is 27.1. The number of benzene rings is 2. The van der Waals surface area contributed by atoms with Crippen LogP contribution in [0.2, 0.25) is 0 Å². The largest absolute Gasteiger partial charge is 0.347 e. The van der Waals surface area contributed by atoms with Crippen LogP contribution in [0.25, 0.3) is 0 Å². The van der Waals surface area contributed by atoms with Gasteiger partial charge in [0.25, 0.3) is 0 Å². The van der Waals surface area contributed by atoms with E-state index in [1.807, 2.05) is 0 Å². The zero-order valence-corrected chi connectivity index (χ0v) is 13.5. The summed E-state index contributed by atoms with van der Waals surface area (Å²) in [7, 11) is 0. The number of carbonyl (C=O) groups excluding carboxylic acids is 2. The van der Waals surface area contributed by atoms with E-state index in [0.717, 1.165) is 12.8 Å². The first-order chi connectivity index (χ1) is 12.0. The van der Waals surface area contributed by atoms with Gasteiger partial charge in [-0.05, 0) is 43.2 Å². The SMILES string of the molecule is O=C(NCC(=O)N(Cc1ccccc1F)c1ccc(F)cc1)C1CC1. The van der Waals surface area contributed by atoms with Gasteiger partial charge in [0, 0.05) is 17.2 Å². The van der Waals surface area contributed by atoms with E-state index in [1.165, 1.54) is 35.2 Å². The Labute approximate surface area is 144 Å². The van der Waals surface area contributed by atoms with Crippen molar-refractivity contribution in [1.29, 1.82) is 0 Å². The fourth-order valence-corrected chi connectivity index (χ4v) is 2.49. The molecule has 0 saturated heterocycles. The molecule has 0 aliphatic heterocycles. The number of carbonyl (C=O) groups is 2. The molecular weight excluding hydrogens is 326 g/mol. The van der Waals surface area contributed by atoms with Crippen molar-refractivity contribution in [2.45, 2.75) is 19.4 Å². The zero-order chi connectivity index (χ0) is 17.8. The summed E-state index contributed by atoms with van der Waals surface area (Å²) in [5, 5.41) is 2.61. The van der Waals surface area contributed by atoms with Gasteiger partial charge in [0.05, 0.1) is 13.1 Å². The Bertz CT molecular complexity index is 773. The lowest BCUT2D eigenvalue weighted by Gasteiger charge is -2.23. The molecule has 1 saturated carbocycles. The normalized spacial score (nSPS) is 13.4. The number of halogens is 2. The molecule has 0 spiro atoms. The molecule has 0 heterocycles. The third-order valence-corrected chi connectivity index (χ3v) is 4.09. The minimum atomic E-state index is -0.427. The van der Waals surface area contributed by atoms with Crippen LogP contribution in [0.15, 0.2) is 48.5 Å². The summed E-state index contributed by atoms with van der Waals surface area (Å²) in [6.45, 7) is -0.183. The van der Waals surface area contributed by atoms with Gasteiger partial charge in [-0.25, -0.2) is 8.78 Å². The Hall–Kier alpha value is -2.76. The molecule has 1 aliphatic rings.